The van der Waals surface area contributed by atoms with Crippen LogP contribution in [0, 0.1) is 5.92 Å². The van der Waals surface area contributed by atoms with Crippen molar-refractivity contribution in [1.29, 1.82) is 0 Å². The zero-order chi connectivity index (χ0) is 19.8. The third-order valence-corrected chi connectivity index (χ3v) is 4.86. The van der Waals surface area contributed by atoms with Crippen LogP contribution in [0.3, 0.4) is 0 Å². The van der Waals surface area contributed by atoms with Crippen LogP contribution in [0.4, 0.5) is 0 Å². The molecule has 1 atom stereocenters. The molecule has 1 fully saturated rings. The molecule has 0 aromatic heterocycles. The van der Waals surface area contributed by atoms with E-state index in [1.165, 1.54) is 7.11 Å². The summed E-state index contributed by atoms with van der Waals surface area (Å²) >= 11 is 6.28. The van der Waals surface area contributed by atoms with Crippen LogP contribution in [0.5, 0.6) is 11.5 Å². The first-order valence-electron chi connectivity index (χ1n) is 9.56. The summed E-state index contributed by atoms with van der Waals surface area (Å²) in [6.45, 7) is 10.6. The second-order valence-corrected chi connectivity index (χ2v) is 7.47. The van der Waals surface area contributed by atoms with Gasteiger partial charge in [-0.15, -0.1) is 0 Å². The molecule has 0 saturated carbocycles. The minimum atomic E-state index is -0.166. The molecular weight excluding hydrogens is 368 g/mol. The monoisotopic (exact) mass is 398 g/mol. The summed E-state index contributed by atoms with van der Waals surface area (Å²) in [5, 5.41) is 3.42. The molecule has 6 nitrogen and oxygen atoms in total. The molecule has 0 bridgehead atoms. The summed E-state index contributed by atoms with van der Waals surface area (Å²) in [5.41, 5.74) is 0.463. The Hall–Kier alpha value is -1.50. The van der Waals surface area contributed by atoms with Gasteiger partial charge < -0.3 is 19.5 Å². The Kier molecular flexibility index (Phi) is 8.67. The summed E-state index contributed by atoms with van der Waals surface area (Å²) in [6, 6.07) is 3.58. The molecule has 152 valence electrons. The molecule has 1 heterocycles. The fourth-order valence-corrected chi connectivity index (χ4v) is 3.56. The number of ether oxygens (including phenoxy) is 3. The van der Waals surface area contributed by atoms with E-state index in [1.54, 1.807) is 12.1 Å². The second kappa shape index (κ2) is 10.7. The highest BCUT2D eigenvalue weighted by Gasteiger charge is 2.23. The molecule has 1 aliphatic rings. The van der Waals surface area contributed by atoms with Crippen LogP contribution in [0.15, 0.2) is 12.1 Å². The highest BCUT2D eigenvalue weighted by molar-refractivity contribution is 6.32. The SMILES string of the molecule is CCOc1c(Cl)cc(C(=O)NCC(CC(C)C)N2CCOCC2)cc1OC. The normalized spacial score (nSPS) is 16.2. The zero-order valence-electron chi connectivity index (χ0n) is 16.7. The van der Waals surface area contributed by atoms with Crippen molar-refractivity contribution < 1.29 is 19.0 Å². The maximum atomic E-state index is 12.7. The van der Waals surface area contributed by atoms with E-state index in [1.807, 2.05) is 6.92 Å². The van der Waals surface area contributed by atoms with Gasteiger partial charge in [0.2, 0.25) is 0 Å². The van der Waals surface area contributed by atoms with Crippen LogP contribution >= 0.6 is 11.6 Å². The van der Waals surface area contributed by atoms with Crippen molar-refractivity contribution in [3.05, 3.63) is 22.7 Å². The molecule has 1 unspecified atom stereocenters. The number of nitrogens with zero attached hydrogens (tertiary/aromatic N) is 1. The largest absolute Gasteiger partial charge is 0.493 e. The Balaban J connectivity index is 2.06. The maximum Gasteiger partial charge on any atom is 0.251 e. The first-order valence-corrected chi connectivity index (χ1v) is 9.94. The summed E-state index contributed by atoms with van der Waals surface area (Å²) in [6.07, 6.45) is 1.02. The van der Waals surface area contributed by atoms with E-state index in [0.717, 1.165) is 32.7 Å². The fraction of sp³-hybridized carbons (Fsp3) is 0.650. The van der Waals surface area contributed by atoms with Crippen molar-refractivity contribution in [2.75, 3.05) is 46.6 Å². The molecule has 0 spiro atoms. The summed E-state index contributed by atoms with van der Waals surface area (Å²) in [4.78, 5) is 15.1. The van der Waals surface area contributed by atoms with Crippen LogP contribution in [-0.2, 0) is 4.74 Å². The van der Waals surface area contributed by atoms with E-state index in [-0.39, 0.29) is 11.9 Å². The Labute approximate surface area is 167 Å². The third-order valence-electron chi connectivity index (χ3n) is 4.58. The number of benzene rings is 1. The Morgan fingerprint density at radius 1 is 1.33 bits per heavy atom. The van der Waals surface area contributed by atoms with Crippen molar-refractivity contribution in [2.24, 2.45) is 5.92 Å². The van der Waals surface area contributed by atoms with Crippen molar-refractivity contribution in [3.63, 3.8) is 0 Å². The molecule has 1 amide bonds. The summed E-state index contributed by atoms with van der Waals surface area (Å²) in [5.74, 6) is 1.31. The predicted octanol–water partition coefficient (Wildman–Crippen LogP) is 3.22. The quantitative estimate of drug-likeness (QED) is 0.692. The van der Waals surface area contributed by atoms with E-state index in [9.17, 15) is 4.79 Å². The average Bonchev–Trinajstić information content (AvgIpc) is 2.66. The molecule has 1 saturated heterocycles. The van der Waals surface area contributed by atoms with Crippen LogP contribution in [0.2, 0.25) is 5.02 Å². The first kappa shape index (κ1) is 21.8. The van der Waals surface area contributed by atoms with Gasteiger partial charge in [-0.3, -0.25) is 9.69 Å². The molecule has 2 rings (SSSR count). The van der Waals surface area contributed by atoms with Gasteiger partial charge in [0.15, 0.2) is 11.5 Å². The molecule has 0 radical (unpaired) electrons. The van der Waals surface area contributed by atoms with Gasteiger partial charge in [0.05, 0.1) is 32.0 Å². The first-order chi connectivity index (χ1) is 13.0. The lowest BCUT2D eigenvalue weighted by atomic mass is 10.0. The number of hydrogen-bond acceptors (Lipinski definition) is 5. The lowest BCUT2D eigenvalue weighted by molar-refractivity contribution is 0.0124. The van der Waals surface area contributed by atoms with Crippen molar-refractivity contribution in [1.82, 2.24) is 10.2 Å². The third kappa shape index (κ3) is 6.26. The van der Waals surface area contributed by atoms with E-state index in [0.29, 0.717) is 41.2 Å². The summed E-state index contributed by atoms with van der Waals surface area (Å²) < 4.78 is 16.3. The zero-order valence-corrected chi connectivity index (χ0v) is 17.5. The predicted molar refractivity (Wildman–Crippen MR) is 107 cm³/mol. The molecule has 1 aromatic rings. The molecule has 1 N–H and O–H groups in total. The van der Waals surface area contributed by atoms with Crippen LogP contribution in [0.25, 0.3) is 0 Å². The number of nitrogens with one attached hydrogen (secondary N) is 1. The highest BCUT2D eigenvalue weighted by atomic mass is 35.5. The van der Waals surface area contributed by atoms with Gasteiger partial charge in [0, 0.05) is 31.2 Å². The second-order valence-electron chi connectivity index (χ2n) is 7.06. The number of carbonyl (C=O) groups is 1. The van der Waals surface area contributed by atoms with Crippen LogP contribution in [-0.4, -0.2) is 63.4 Å². The molecule has 1 aromatic carbocycles. The number of carbonyl (C=O) groups excluding carboxylic acids is 1. The average molecular weight is 399 g/mol. The van der Waals surface area contributed by atoms with Crippen molar-refractivity contribution >= 4 is 17.5 Å². The van der Waals surface area contributed by atoms with E-state index >= 15 is 0 Å². The number of methoxy groups -OCH3 is 1. The molecular formula is C20H31ClN2O4. The van der Waals surface area contributed by atoms with Gasteiger partial charge in [-0.1, -0.05) is 25.4 Å². The number of hydrogen-bond donors (Lipinski definition) is 1. The fourth-order valence-electron chi connectivity index (χ4n) is 3.30. The number of morpholine rings is 1. The smallest absolute Gasteiger partial charge is 0.251 e. The highest BCUT2D eigenvalue weighted by Crippen LogP contribution is 2.36. The van der Waals surface area contributed by atoms with E-state index in [4.69, 9.17) is 25.8 Å². The Bertz CT molecular complexity index is 618. The standard InChI is InChI=1S/C20H31ClN2O4/c1-5-27-19-17(21)11-15(12-18(19)25-4)20(24)22-13-16(10-14(2)3)23-6-8-26-9-7-23/h11-12,14,16H,5-10,13H2,1-4H3,(H,22,24). The Morgan fingerprint density at radius 3 is 2.63 bits per heavy atom. The lowest BCUT2D eigenvalue weighted by Gasteiger charge is -2.35. The topological polar surface area (TPSA) is 60.0 Å². The van der Waals surface area contributed by atoms with Gasteiger partial charge >= 0.3 is 0 Å². The number of rotatable bonds is 9. The van der Waals surface area contributed by atoms with Gasteiger partial charge in [-0.2, -0.15) is 0 Å². The van der Waals surface area contributed by atoms with Gasteiger partial charge in [-0.25, -0.2) is 0 Å². The molecule has 7 heteroatoms. The minimum absolute atomic E-state index is 0.166. The van der Waals surface area contributed by atoms with Gasteiger partial charge in [0.25, 0.3) is 5.91 Å². The summed E-state index contributed by atoms with van der Waals surface area (Å²) in [7, 11) is 1.53. The maximum absolute atomic E-state index is 12.7. The van der Waals surface area contributed by atoms with Gasteiger partial charge in [0.1, 0.15) is 0 Å². The number of halogens is 1. The molecule has 27 heavy (non-hydrogen) atoms. The van der Waals surface area contributed by atoms with Crippen molar-refractivity contribution in [2.45, 2.75) is 33.2 Å². The van der Waals surface area contributed by atoms with E-state index < -0.39 is 0 Å². The lowest BCUT2D eigenvalue weighted by Crippen LogP contribution is -2.49. The van der Waals surface area contributed by atoms with Crippen LogP contribution < -0.4 is 14.8 Å². The van der Waals surface area contributed by atoms with Crippen LogP contribution in [0.1, 0.15) is 37.6 Å². The molecule has 0 aliphatic carbocycles. The number of amides is 1. The van der Waals surface area contributed by atoms with Gasteiger partial charge in [-0.05, 0) is 31.4 Å². The van der Waals surface area contributed by atoms with Crippen molar-refractivity contribution in [3.8, 4) is 11.5 Å². The minimum Gasteiger partial charge on any atom is -0.493 e. The molecule has 1 aliphatic heterocycles. The van der Waals surface area contributed by atoms with E-state index in [2.05, 4.69) is 24.1 Å². The Morgan fingerprint density at radius 2 is 2.04 bits per heavy atom.